The minimum atomic E-state index is 0.217. The van der Waals surface area contributed by atoms with Gasteiger partial charge in [-0.25, -0.2) is 0 Å². The van der Waals surface area contributed by atoms with Gasteiger partial charge in [0.1, 0.15) is 0 Å². The van der Waals surface area contributed by atoms with Crippen molar-refractivity contribution < 1.29 is 0 Å². The molecule has 0 amide bonds. The summed E-state index contributed by atoms with van der Waals surface area (Å²) in [7, 11) is 0.434. The van der Waals surface area contributed by atoms with E-state index in [4.69, 9.17) is 0 Å². The highest BCUT2D eigenvalue weighted by Crippen LogP contribution is 2.15. The molecule has 0 spiro atoms. The first-order valence-corrected chi connectivity index (χ1v) is 12.9. The number of halogens is 4. The molecular weight excluding hydrogens is 472 g/mol. The minimum absolute atomic E-state index is 0.217. The molecule has 0 nitrogen and oxygen atoms in total. The van der Waals surface area contributed by atoms with Crippen LogP contribution in [-0.4, -0.2) is 26.5 Å². The summed E-state index contributed by atoms with van der Waals surface area (Å²) in [5, 5.41) is 0. The number of rotatable bonds is 9. The van der Waals surface area contributed by atoms with Gasteiger partial charge >= 0.3 is 0 Å². The average molecular weight is 490 g/mol. The predicted octanol–water partition coefficient (Wildman–Crippen LogP) is 4.01. The number of hydrogen-bond acceptors (Lipinski definition) is 0. The van der Waals surface area contributed by atoms with Crippen LogP contribution in [0, 0.1) is 0 Å². The first-order valence-electron chi connectivity index (χ1n) is 5.19. The van der Waals surface area contributed by atoms with Gasteiger partial charge in [-0.15, -0.1) is 0 Å². The van der Waals surface area contributed by atoms with Crippen LogP contribution in [0.1, 0.15) is 12.8 Å². The molecule has 0 unspecified atom stereocenters. The summed E-state index contributed by atoms with van der Waals surface area (Å²) >= 11 is 14.1. The van der Waals surface area contributed by atoms with Crippen LogP contribution in [-0.2, 0) is 0 Å². The lowest BCUT2D eigenvalue weighted by atomic mass is 10.4. The largest absolute Gasteiger partial charge is 0.0768 e. The number of alkyl halides is 4. The van der Waals surface area contributed by atoms with E-state index in [-0.39, 0.29) is 19.0 Å². The Morgan fingerprint density at radius 3 is 1.36 bits per heavy atom. The van der Waals surface area contributed by atoms with Gasteiger partial charge in [0, 0.05) is 19.0 Å². The maximum atomic E-state index is 3.53. The van der Waals surface area contributed by atoms with Gasteiger partial charge in [-0.2, -0.15) is 0 Å². The van der Waals surface area contributed by atoms with Crippen molar-refractivity contribution in [1.82, 2.24) is 0 Å². The fourth-order valence-corrected chi connectivity index (χ4v) is 7.80. The summed E-state index contributed by atoms with van der Waals surface area (Å²) < 4.78 is 1.16. The molecule has 0 heterocycles. The Balaban J connectivity index is 2.92. The van der Waals surface area contributed by atoms with E-state index in [1.165, 1.54) is 37.0 Å². The molecule has 0 N–H and O–H groups in total. The SMILES string of the molecule is BrC(Br)C[SiH2]CCCC[SiH2]CC(Br)Br. The van der Waals surface area contributed by atoms with E-state index in [1.54, 1.807) is 0 Å². The maximum Gasteiger partial charge on any atom is 0.0669 e. The first-order chi connectivity index (χ1) is 6.63. The van der Waals surface area contributed by atoms with E-state index in [1.807, 2.05) is 0 Å². The van der Waals surface area contributed by atoms with Gasteiger partial charge in [0.15, 0.2) is 0 Å². The number of unbranched alkanes of at least 4 members (excludes halogenated alkanes) is 1. The van der Waals surface area contributed by atoms with Crippen LogP contribution in [0.3, 0.4) is 0 Å². The van der Waals surface area contributed by atoms with Gasteiger partial charge in [0.25, 0.3) is 0 Å². The van der Waals surface area contributed by atoms with E-state index in [2.05, 4.69) is 63.7 Å². The Bertz CT molecular complexity index is 108. The Labute approximate surface area is 126 Å². The van der Waals surface area contributed by atoms with Crippen LogP contribution >= 0.6 is 63.7 Å². The molecule has 6 heteroatoms. The monoisotopic (exact) mass is 486 g/mol. The molecule has 0 fully saturated rings. The zero-order valence-corrected chi connectivity index (χ0v) is 17.5. The summed E-state index contributed by atoms with van der Waals surface area (Å²) in [5.41, 5.74) is 0. The predicted molar refractivity (Wildman–Crippen MR) is 88.8 cm³/mol. The number of hydrogen-bond donors (Lipinski definition) is 0. The highest BCUT2D eigenvalue weighted by Gasteiger charge is 1.99. The Kier molecular flexibility index (Phi) is 13.8. The molecule has 0 aliphatic rings. The van der Waals surface area contributed by atoms with E-state index in [0.717, 1.165) is 0 Å². The molecule has 0 aromatic rings. The molecule has 0 bridgehead atoms. The second kappa shape index (κ2) is 11.8. The highest BCUT2D eigenvalue weighted by atomic mass is 79.9. The normalized spacial score (nSPS) is 13.3. The van der Waals surface area contributed by atoms with Gasteiger partial charge < -0.3 is 0 Å². The maximum absolute atomic E-state index is 3.53. The lowest BCUT2D eigenvalue weighted by Gasteiger charge is -2.02. The fourth-order valence-electron chi connectivity index (χ4n) is 1.30. The van der Waals surface area contributed by atoms with Crippen LogP contribution < -0.4 is 0 Å². The summed E-state index contributed by atoms with van der Waals surface area (Å²) in [5.74, 6) is 0. The van der Waals surface area contributed by atoms with E-state index >= 15 is 0 Å². The van der Waals surface area contributed by atoms with Crippen molar-refractivity contribution in [2.45, 2.75) is 44.5 Å². The van der Waals surface area contributed by atoms with Crippen LogP contribution in [0.15, 0.2) is 0 Å². The van der Waals surface area contributed by atoms with Crippen molar-refractivity contribution >= 4 is 82.8 Å². The Morgan fingerprint density at radius 1 is 0.714 bits per heavy atom. The molecule has 0 aliphatic heterocycles. The van der Waals surface area contributed by atoms with Crippen molar-refractivity contribution in [2.75, 3.05) is 0 Å². The van der Waals surface area contributed by atoms with Crippen molar-refractivity contribution in [1.29, 1.82) is 0 Å². The highest BCUT2D eigenvalue weighted by molar-refractivity contribution is 9.25. The summed E-state index contributed by atoms with van der Waals surface area (Å²) in [6.07, 6.45) is 2.97. The topological polar surface area (TPSA) is 0 Å². The van der Waals surface area contributed by atoms with E-state index in [0.29, 0.717) is 7.47 Å². The van der Waals surface area contributed by atoms with Crippen molar-refractivity contribution in [3.05, 3.63) is 0 Å². The summed E-state index contributed by atoms with van der Waals surface area (Å²) in [4.78, 5) is 0. The standard InChI is InChI=1S/C8H18Br4Si2/c9-7(10)5-13-3-1-2-4-14-6-8(11)12/h7-8H,1-6,13-14H2. The molecule has 0 aromatic heterocycles. The minimum Gasteiger partial charge on any atom is -0.0768 e. The molecule has 0 atom stereocenters. The van der Waals surface area contributed by atoms with E-state index < -0.39 is 0 Å². The molecule has 0 saturated carbocycles. The molecule has 0 aromatic carbocycles. The zero-order chi connectivity index (χ0) is 10.8. The smallest absolute Gasteiger partial charge is 0.0669 e. The second-order valence-corrected chi connectivity index (χ2v) is 14.3. The molecule has 0 aliphatic carbocycles. The van der Waals surface area contributed by atoms with Crippen LogP contribution in [0.25, 0.3) is 0 Å². The van der Waals surface area contributed by atoms with Crippen LogP contribution in [0.5, 0.6) is 0 Å². The third-order valence-electron chi connectivity index (χ3n) is 2.09. The van der Waals surface area contributed by atoms with E-state index in [9.17, 15) is 0 Å². The van der Waals surface area contributed by atoms with Gasteiger partial charge in [0.05, 0.1) is 7.47 Å². The molecule has 0 saturated heterocycles. The van der Waals surface area contributed by atoms with Gasteiger partial charge in [-0.3, -0.25) is 0 Å². The Morgan fingerprint density at radius 2 is 1.07 bits per heavy atom. The summed E-state index contributed by atoms with van der Waals surface area (Å²) in [6.45, 7) is 0. The summed E-state index contributed by atoms with van der Waals surface area (Å²) in [6, 6.07) is 5.85. The zero-order valence-electron chi connectivity index (χ0n) is 8.32. The molecule has 86 valence electrons. The van der Waals surface area contributed by atoms with Crippen molar-refractivity contribution in [3.8, 4) is 0 Å². The Hall–Kier alpha value is 2.35. The van der Waals surface area contributed by atoms with Gasteiger partial charge in [-0.1, -0.05) is 88.6 Å². The van der Waals surface area contributed by atoms with Crippen molar-refractivity contribution in [2.24, 2.45) is 0 Å². The molecule has 0 radical (unpaired) electrons. The lowest BCUT2D eigenvalue weighted by molar-refractivity contribution is 0.870. The quantitative estimate of drug-likeness (QED) is 0.261. The van der Waals surface area contributed by atoms with Crippen LogP contribution in [0.4, 0.5) is 0 Å². The average Bonchev–Trinajstić information content (AvgIpc) is 2.08. The fraction of sp³-hybridized carbons (Fsp3) is 1.00. The van der Waals surface area contributed by atoms with Gasteiger partial charge in [0.2, 0.25) is 0 Å². The van der Waals surface area contributed by atoms with Gasteiger partial charge in [-0.05, 0) is 12.1 Å². The third kappa shape index (κ3) is 14.4. The van der Waals surface area contributed by atoms with Crippen LogP contribution in [0.2, 0.25) is 24.2 Å². The van der Waals surface area contributed by atoms with Crippen molar-refractivity contribution in [3.63, 3.8) is 0 Å². The third-order valence-corrected chi connectivity index (χ3v) is 11.3. The molecule has 0 rings (SSSR count). The second-order valence-electron chi connectivity index (χ2n) is 3.48. The molecular formula is C8H18Br4Si2. The molecule has 14 heavy (non-hydrogen) atoms. The first kappa shape index (κ1) is 16.4. The lowest BCUT2D eigenvalue weighted by Crippen LogP contribution is -1.97.